The molecule has 2 aromatic carbocycles. The molecule has 0 aliphatic rings. The van der Waals surface area contributed by atoms with Crippen LogP contribution < -0.4 is 4.74 Å². The van der Waals surface area contributed by atoms with Crippen LogP contribution in [0.25, 0.3) is 0 Å². The lowest BCUT2D eigenvalue weighted by atomic mass is 10.0. The van der Waals surface area contributed by atoms with Crippen LogP contribution in [0, 0.1) is 0 Å². The molecule has 5 heteroatoms. The molecule has 0 amide bonds. The molecule has 0 spiro atoms. The second kappa shape index (κ2) is 5.95. The Kier molecular flexibility index (Phi) is 4.50. The predicted molar refractivity (Wildman–Crippen MR) is 80.6 cm³/mol. The highest BCUT2D eigenvalue weighted by Gasteiger charge is 2.17. The number of ketones is 1. The molecule has 0 heterocycles. The fraction of sp³-hybridized carbons (Fsp3) is 0.0714. The standard InChI is InChI=1S/C14H9BrCl2O2/c1-19-12-6-5-8(7-9(12)15)14(18)13-10(16)3-2-4-11(13)17/h2-7H,1H3. The van der Waals surface area contributed by atoms with Crippen LogP contribution in [0.4, 0.5) is 0 Å². The molecule has 2 aromatic rings. The molecule has 0 saturated heterocycles. The summed E-state index contributed by atoms with van der Waals surface area (Å²) in [6.45, 7) is 0. The van der Waals surface area contributed by atoms with Gasteiger partial charge in [-0.1, -0.05) is 29.3 Å². The van der Waals surface area contributed by atoms with Gasteiger partial charge in [0.2, 0.25) is 0 Å². The maximum absolute atomic E-state index is 12.4. The molecule has 0 unspecified atom stereocenters. The van der Waals surface area contributed by atoms with Crippen molar-refractivity contribution in [1.82, 2.24) is 0 Å². The first-order valence-electron chi connectivity index (χ1n) is 5.37. The molecule has 98 valence electrons. The molecule has 2 nitrogen and oxygen atoms in total. The van der Waals surface area contributed by atoms with Crippen LogP contribution in [0.3, 0.4) is 0 Å². The maximum atomic E-state index is 12.4. The third-order valence-corrected chi connectivity index (χ3v) is 3.85. The molecule has 0 atom stereocenters. The van der Waals surface area contributed by atoms with E-state index < -0.39 is 0 Å². The van der Waals surface area contributed by atoms with Gasteiger partial charge < -0.3 is 4.74 Å². The lowest BCUT2D eigenvalue weighted by Gasteiger charge is -2.08. The van der Waals surface area contributed by atoms with Gasteiger partial charge in [-0.15, -0.1) is 0 Å². The molecule has 2 rings (SSSR count). The van der Waals surface area contributed by atoms with E-state index in [0.717, 1.165) is 0 Å². The van der Waals surface area contributed by atoms with E-state index in [-0.39, 0.29) is 5.78 Å². The molecule has 0 aromatic heterocycles. The van der Waals surface area contributed by atoms with E-state index in [1.807, 2.05) is 0 Å². The fourth-order valence-corrected chi connectivity index (χ4v) is 2.78. The summed E-state index contributed by atoms with van der Waals surface area (Å²) >= 11 is 15.4. The Labute approximate surface area is 129 Å². The normalized spacial score (nSPS) is 10.3. The van der Waals surface area contributed by atoms with Gasteiger partial charge in [0.15, 0.2) is 5.78 Å². The van der Waals surface area contributed by atoms with Crippen molar-refractivity contribution in [1.29, 1.82) is 0 Å². The smallest absolute Gasteiger partial charge is 0.196 e. The number of rotatable bonds is 3. The lowest BCUT2D eigenvalue weighted by molar-refractivity contribution is 0.103. The van der Waals surface area contributed by atoms with E-state index in [4.69, 9.17) is 27.9 Å². The van der Waals surface area contributed by atoms with Gasteiger partial charge in [0.1, 0.15) is 5.75 Å². The number of ether oxygens (including phenoxy) is 1. The summed E-state index contributed by atoms with van der Waals surface area (Å²) in [5.74, 6) is 0.431. The summed E-state index contributed by atoms with van der Waals surface area (Å²) in [5.41, 5.74) is 0.797. The van der Waals surface area contributed by atoms with Crippen LogP contribution in [-0.2, 0) is 0 Å². The zero-order valence-electron chi connectivity index (χ0n) is 9.91. The molecule has 0 radical (unpaired) electrons. The molecule has 19 heavy (non-hydrogen) atoms. The number of hydrogen-bond donors (Lipinski definition) is 0. The average molecular weight is 360 g/mol. The number of halogens is 3. The highest BCUT2D eigenvalue weighted by molar-refractivity contribution is 9.10. The predicted octanol–water partition coefficient (Wildman–Crippen LogP) is 5.00. The second-order valence-corrected chi connectivity index (χ2v) is 5.44. The van der Waals surface area contributed by atoms with Gasteiger partial charge in [0, 0.05) is 5.56 Å². The number of benzene rings is 2. The first-order chi connectivity index (χ1) is 9.04. The fourth-order valence-electron chi connectivity index (χ4n) is 1.67. The zero-order chi connectivity index (χ0) is 14.0. The minimum Gasteiger partial charge on any atom is -0.496 e. The van der Waals surface area contributed by atoms with Gasteiger partial charge in [-0.25, -0.2) is 0 Å². The number of carbonyl (C=O) groups is 1. The topological polar surface area (TPSA) is 26.3 Å². The van der Waals surface area contributed by atoms with Crippen LogP contribution in [0.1, 0.15) is 15.9 Å². The van der Waals surface area contributed by atoms with Crippen molar-refractivity contribution in [3.05, 3.63) is 62.0 Å². The number of methoxy groups -OCH3 is 1. The molecule has 0 aliphatic heterocycles. The Morgan fingerprint density at radius 2 is 1.79 bits per heavy atom. The minimum atomic E-state index is -0.223. The van der Waals surface area contributed by atoms with Crippen LogP contribution in [0.2, 0.25) is 10.0 Å². The SMILES string of the molecule is COc1ccc(C(=O)c2c(Cl)cccc2Cl)cc1Br. The van der Waals surface area contributed by atoms with Gasteiger partial charge in [-0.3, -0.25) is 4.79 Å². The molecule has 0 bridgehead atoms. The van der Waals surface area contributed by atoms with E-state index in [1.165, 1.54) is 0 Å². The summed E-state index contributed by atoms with van der Waals surface area (Å²) in [4.78, 5) is 12.4. The first-order valence-corrected chi connectivity index (χ1v) is 6.91. The van der Waals surface area contributed by atoms with Crippen molar-refractivity contribution in [3.8, 4) is 5.75 Å². The third-order valence-electron chi connectivity index (χ3n) is 2.60. The van der Waals surface area contributed by atoms with Crippen molar-refractivity contribution in [2.75, 3.05) is 7.11 Å². The maximum Gasteiger partial charge on any atom is 0.196 e. The molecule has 0 aliphatic carbocycles. The van der Waals surface area contributed by atoms with Gasteiger partial charge in [-0.2, -0.15) is 0 Å². The molecule has 0 fully saturated rings. The molecule has 0 N–H and O–H groups in total. The van der Waals surface area contributed by atoms with Crippen molar-refractivity contribution < 1.29 is 9.53 Å². The summed E-state index contributed by atoms with van der Waals surface area (Å²) < 4.78 is 5.82. The van der Waals surface area contributed by atoms with Gasteiger partial charge in [0.05, 0.1) is 27.2 Å². The Morgan fingerprint density at radius 1 is 1.16 bits per heavy atom. The highest BCUT2D eigenvalue weighted by Crippen LogP contribution is 2.30. The van der Waals surface area contributed by atoms with Crippen molar-refractivity contribution in [2.24, 2.45) is 0 Å². The van der Waals surface area contributed by atoms with E-state index in [2.05, 4.69) is 15.9 Å². The number of hydrogen-bond acceptors (Lipinski definition) is 2. The quantitative estimate of drug-likeness (QED) is 0.721. The minimum absolute atomic E-state index is 0.223. The molecular weight excluding hydrogens is 351 g/mol. The second-order valence-electron chi connectivity index (χ2n) is 3.78. The zero-order valence-corrected chi connectivity index (χ0v) is 13.0. The van der Waals surface area contributed by atoms with Crippen LogP contribution in [0.15, 0.2) is 40.9 Å². The summed E-state index contributed by atoms with van der Waals surface area (Å²) in [6, 6.07) is 10.0. The average Bonchev–Trinajstić information content (AvgIpc) is 2.38. The Hall–Kier alpha value is -1.03. The monoisotopic (exact) mass is 358 g/mol. The molecular formula is C14H9BrCl2O2. The Bertz CT molecular complexity index is 621. The van der Waals surface area contributed by atoms with E-state index in [0.29, 0.717) is 31.4 Å². The van der Waals surface area contributed by atoms with Crippen LogP contribution in [0.5, 0.6) is 5.75 Å². The van der Waals surface area contributed by atoms with Gasteiger partial charge in [0.25, 0.3) is 0 Å². The lowest BCUT2D eigenvalue weighted by Crippen LogP contribution is -2.03. The number of carbonyl (C=O) groups excluding carboxylic acids is 1. The van der Waals surface area contributed by atoms with Gasteiger partial charge >= 0.3 is 0 Å². The van der Waals surface area contributed by atoms with E-state index in [9.17, 15) is 4.79 Å². The van der Waals surface area contributed by atoms with Crippen molar-refractivity contribution in [2.45, 2.75) is 0 Å². The largest absolute Gasteiger partial charge is 0.496 e. The van der Waals surface area contributed by atoms with E-state index >= 15 is 0 Å². The van der Waals surface area contributed by atoms with Gasteiger partial charge in [-0.05, 0) is 46.3 Å². The first kappa shape index (κ1) is 14.4. The molecule has 0 saturated carbocycles. The summed E-state index contributed by atoms with van der Waals surface area (Å²) in [5, 5.41) is 0.675. The van der Waals surface area contributed by atoms with Crippen LogP contribution >= 0.6 is 39.1 Å². The Balaban J connectivity index is 2.48. The van der Waals surface area contributed by atoms with Crippen molar-refractivity contribution >= 4 is 44.9 Å². The Morgan fingerprint density at radius 3 is 2.32 bits per heavy atom. The van der Waals surface area contributed by atoms with Crippen LogP contribution in [-0.4, -0.2) is 12.9 Å². The van der Waals surface area contributed by atoms with E-state index in [1.54, 1.807) is 43.5 Å². The third kappa shape index (κ3) is 2.94. The summed E-state index contributed by atoms with van der Waals surface area (Å²) in [7, 11) is 1.56. The van der Waals surface area contributed by atoms with Crippen molar-refractivity contribution in [3.63, 3.8) is 0 Å². The highest BCUT2D eigenvalue weighted by atomic mass is 79.9. The summed E-state index contributed by atoms with van der Waals surface area (Å²) in [6.07, 6.45) is 0.